The summed E-state index contributed by atoms with van der Waals surface area (Å²) in [6, 6.07) is 3.89. The molecule has 0 bridgehead atoms. The molecule has 0 aromatic heterocycles. The summed E-state index contributed by atoms with van der Waals surface area (Å²) in [6.45, 7) is 3.30. The second-order valence-electron chi connectivity index (χ2n) is 4.84. The molecule has 0 aliphatic carbocycles. The second-order valence-corrected chi connectivity index (χ2v) is 4.84. The Morgan fingerprint density at radius 3 is 2.22 bits per heavy atom. The third-order valence-corrected chi connectivity index (χ3v) is 2.92. The first-order valence-corrected chi connectivity index (χ1v) is 5.56. The van der Waals surface area contributed by atoms with Gasteiger partial charge in [-0.1, -0.05) is 13.8 Å². The Balaban J connectivity index is 2.99. The number of benzene rings is 1. The molecule has 1 aromatic rings. The third kappa shape index (κ3) is 3.89. The van der Waals surface area contributed by atoms with Crippen LogP contribution in [-0.2, 0) is 5.41 Å². The van der Waals surface area contributed by atoms with E-state index in [1.807, 2.05) is 0 Å². The Bertz CT molecular complexity index is 410. The van der Waals surface area contributed by atoms with Crippen LogP contribution in [0, 0.1) is 5.82 Å². The molecule has 0 radical (unpaired) electrons. The van der Waals surface area contributed by atoms with E-state index in [1.165, 1.54) is 25.3 Å². The quantitative estimate of drug-likeness (QED) is 0.730. The highest BCUT2D eigenvalue weighted by atomic mass is 19.4. The Morgan fingerprint density at radius 2 is 1.72 bits per heavy atom. The maximum absolute atomic E-state index is 13.2. The molecule has 0 atom stereocenters. The van der Waals surface area contributed by atoms with Crippen LogP contribution in [0.3, 0.4) is 0 Å². The highest BCUT2D eigenvalue weighted by Gasteiger charge is 2.33. The van der Waals surface area contributed by atoms with Gasteiger partial charge in [-0.15, -0.1) is 0 Å². The van der Waals surface area contributed by atoms with E-state index >= 15 is 0 Å². The highest BCUT2D eigenvalue weighted by molar-refractivity contribution is 5.39. The SMILES string of the molecule is COc1ccc(F)cc1C(C)(C)CCC(F)(F)F. The summed E-state index contributed by atoms with van der Waals surface area (Å²) in [4.78, 5) is 0. The molecule has 0 aliphatic heterocycles. The Hall–Kier alpha value is -1.26. The average Bonchev–Trinajstić information content (AvgIpc) is 2.26. The van der Waals surface area contributed by atoms with Crippen LogP contribution < -0.4 is 4.74 Å². The van der Waals surface area contributed by atoms with Crippen molar-refractivity contribution in [1.82, 2.24) is 0 Å². The van der Waals surface area contributed by atoms with Gasteiger partial charge >= 0.3 is 6.18 Å². The minimum Gasteiger partial charge on any atom is -0.496 e. The Morgan fingerprint density at radius 1 is 1.11 bits per heavy atom. The lowest BCUT2D eigenvalue weighted by Gasteiger charge is -2.27. The zero-order valence-electron chi connectivity index (χ0n) is 10.6. The highest BCUT2D eigenvalue weighted by Crippen LogP contribution is 2.38. The molecule has 0 saturated carbocycles. The summed E-state index contributed by atoms with van der Waals surface area (Å²) in [6.07, 6.45) is -5.23. The van der Waals surface area contributed by atoms with E-state index in [4.69, 9.17) is 4.74 Å². The van der Waals surface area contributed by atoms with Crippen molar-refractivity contribution in [2.24, 2.45) is 0 Å². The van der Waals surface area contributed by atoms with Gasteiger partial charge in [0.1, 0.15) is 11.6 Å². The van der Waals surface area contributed by atoms with E-state index in [-0.39, 0.29) is 6.42 Å². The van der Waals surface area contributed by atoms with Crippen LogP contribution in [0.4, 0.5) is 17.6 Å². The van der Waals surface area contributed by atoms with Crippen LogP contribution in [0.5, 0.6) is 5.75 Å². The molecule has 18 heavy (non-hydrogen) atoms. The number of alkyl halides is 3. The molecule has 0 heterocycles. The molecule has 1 rings (SSSR count). The first kappa shape index (κ1) is 14.8. The van der Waals surface area contributed by atoms with Crippen molar-refractivity contribution in [3.8, 4) is 5.75 Å². The minimum atomic E-state index is -4.21. The van der Waals surface area contributed by atoms with Crippen molar-refractivity contribution in [3.05, 3.63) is 29.6 Å². The lowest BCUT2D eigenvalue weighted by molar-refractivity contribution is -0.138. The van der Waals surface area contributed by atoms with Crippen LogP contribution in [0.25, 0.3) is 0 Å². The van der Waals surface area contributed by atoms with Gasteiger partial charge in [0.15, 0.2) is 0 Å². The molecule has 0 spiro atoms. The van der Waals surface area contributed by atoms with Crippen LogP contribution in [-0.4, -0.2) is 13.3 Å². The molecular formula is C13H16F4O. The summed E-state index contributed by atoms with van der Waals surface area (Å²) < 4.78 is 55.1. The number of ether oxygens (including phenoxy) is 1. The summed E-state index contributed by atoms with van der Waals surface area (Å²) >= 11 is 0. The molecule has 0 aliphatic rings. The first-order chi connectivity index (χ1) is 8.15. The molecule has 102 valence electrons. The van der Waals surface area contributed by atoms with E-state index < -0.39 is 23.8 Å². The van der Waals surface area contributed by atoms with E-state index in [2.05, 4.69) is 0 Å². The van der Waals surface area contributed by atoms with Crippen molar-refractivity contribution in [2.45, 2.75) is 38.3 Å². The normalized spacial score (nSPS) is 12.6. The molecule has 0 amide bonds. The van der Waals surface area contributed by atoms with Crippen molar-refractivity contribution in [1.29, 1.82) is 0 Å². The number of halogens is 4. The van der Waals surface area contributed by atoms with Gasteiger partial charge in [0.25, 0.3) is 0 Å². The largest absolute Gasteiger partial charge is 0.496 e. The van der Waals surface area contributed by atoms with Gasteiger partial charge in [0.2, 0.25) is 0 Å². The van der Waals surface area contributed by atoms with Crippen LogP contribution in [0.1, 0.15) is 32.3 Å². The van der Waals surface area contributed by atoms with Gasteiger partial charge in [-0.05, 0) is 30.0 Å². The maximum atomic E-state index is 13.2. The standard InChI is InChI=1S/C13H16F4O/c1-12(2,6-7-13(15,16)17)10-8-9(14)4-5-11(10)18-3/h4-5,8H,6-7H2,1-3H3. The van der Waals surface area contributed by atoms with Crippen LogP contribution in [0.2, 0.25) is 0 Å². The topological polar surface area (TPSA) is 9.23 Å². The van der Waals surface area contributed by atoms with Gasteiger partial charge in [0, 0.05) is 12.0 Å². The number of rotatable bonds is 4. The second kappa shape index (κ2) is 5.16. The smallest absolute Gasteiger partial charge is 0.389 e. The molecule has 5 heteroatoms. The fraction of sp³-hybridized carbons (Fsp3) is 0.538. The van der Waals surface area contributed by atoms with Crippen LogP contribution in [0.15, 0.2) is 18.2 Å². The van der Waals surface area contributed by atoms with Crippen molar-refractivity contribution < 1.29 is 22.3 Å². The molecule has 1 aromatic carbocycles. The van der Waals surface area contributed by atoms with Gasteiger partial charge in [0.05, 0.1) is 7.11 Å². The minimum absolute atomic E-state index is 0.115. The van der Waals surface area contributed by atoms with Gasteiger partial charge < -0.3 is 4.74 Å². The summed E-state index contributed by atoms with van der Waals surface area (Å²) in [5.74, 6) is -0.0746. The maximum Gasteiger partial charge on any atom is 0.389 e. The monoisotopic (exact) mass is 264 g/mol. The molecule has 0 N–H and O–H groups in total. The fourth-order valence-electron chi connectivity index (χ4n) is 1.80. The third-order valence-electron chi connectivity index (χ3n) is 2.92. The van der Waals surface area contributed by atoms with Gasteiger partial charge in [-0.25, -0.2) is 4.39 Å². The van der Waals surface area contributed by atoms with Crippen molar-refractivity contribution >= 4 is 0 Å². The van der Waals surface area contributed by atoms with E-state index in [9.17, 15) is 17.6 Å². The summed E-state index contributed by atoms with van der Waals surface area (Å²) in [5, 5.41) is 0. The summed E-state index contributed by atoms with van der Waals surface area (Å²) in [5.41, 5.74) is -0.350. The number of hydrogen-bond acceptors (Lipinski definition) is 1. The zero-order chi connectivity index (χ0) is 14.0. The number of methoxy groups -OCH3 is 1. The first-order valence-electron chi connectivity index (χ1n) is 5.56. The number of hydrogen-bond donors (Lipinski definition) is 0. The average molecular weight is 264 g/mol. The lowest BCUT2D eigenvalue weighted by Crippen LogP contribution is -2.22. The predicted molar refractivity (Wildman–Crippen MR) is 61.3 cm³/mol. The van der Waals surface area contributed by atoms with E-state index in [0.29, 0.717) is 11.3 Å². The fourth-order valence-corrected chi connectivity index (χ4v) is 1.80. The molecule has 0 saturated heterocycles. The van der Waals surface area contributed by atoms with E-state index in [0.717, 1.165) is 0 Å². The lowest BCUT2D eigenvalue weighted by atomic mass is 9.80. The summed E-state index contributed by atoms with van der Waals surface area (Å²) in [7, 11) is 1.41. The molecule has 0 fully saturated rings. The Kier molecular flexibility index (Phi) is 4.24. The zero-order valence-corrected chi connectivity index (χ0v) is 10.6. The van der Waals surface area contributed by atoms with Gasteiger partial charge in [-0.3, -0.25) is 0 Å². The van der Waals surface area contributed by atoms with Gasteiger partial charge in [-0.2, -0.15) is 13.2 Å². The molecule has 0 unspecified atom stereocenters. The Labute approximate surface area is 104 Å². The van der Waals surface area contributed by atoms with Crippen LogP contribution >= 0.6 is 0 Å². The predicted octanol–water partition coefficient (Wildman–Crippen LogP) is 4.45. The van der Waals surface area contributed by atoms with Crippen molar-refractivity contribution in [2.75, 3.05) is 7.11 Å². The molecular weight excluding hydrogens is 248 g/mol. The van der Waals surface area contributed by atoms with Crippen molar-refractivity contribution in [3.63, 3.8) is 0 Å². The van der Waals surface area contributed by atoms with E-state index in [1.54, 1.807) is 13.8 Å². The molecule has 1 nitrogen and oxygen atoms in total.